The van der Waals surface area contributed by atoms with Crippen molar-refractivity contribution in [2.24, 2.45) is 0 Å². The van der Waals surface area contributed by atoms with Gasteiger partial charge in [-0.3, -0.25) is 0 Å². The summed E-state index contributed by atoms with van der Waals surface area (Å²) in [5, 5.41) is 1.75. The number of hydrogen-bond acceptors (Lipinski definition) is 3. The largest absolute Gasteiger partial charge is 0.497 e. The molecule has 1 atom stereocenters. The highest BCUT2D eigenvalue weighted by Gasteiger charge is 2.31. The van der Waals surface area contributed by atoms with Crippen LogP contribution in [0.5, 0.6) is 11.5 Å². The van der Waals surface area contributed by atoms with Gasteiger partial charge in [-0.25, -0.2) is 0 Å². The van der Waals surface area contributed by atoms with Crippen LogP contribution in [0, 0.1) is 0 Å². The molecule has 33 heavy (non-hydrogen) atoms. The van der Waals surface area contributed by atoms with Crippen molar-refractivity contribution in [1.29, 1.82) is 0 Å². The molecule has 1 unspecified atom stereocenters. The Kier molecular flexibility index (Phi) is 6.51. The number of benzene rings is 3. The molecule has 0 N–H and O–H groups in total. The van der Waals surface area contributed by atoms with E-state index >= 15 is 0 Å². The zero-order valence-corrected chi connectivity index (χ0v) is 21.1. The smallest absolute Gasteiger partial charge is 0.119 e. The molecular formula is C28H26BrClO3. The first-order chi connectivity index (χ1) is 16.1. The minimum absolute atomic E-state index is 0.0348. The van der Waals surface area contributed by atoms with Crippen molar-refractivity contribution < 1.29 is 14.2 Å². The molecule has 0 radical (unpaired) electrons. The summed E-state index contributed by atoms with van der Waals surface area (Å²) in [6.07, 6.45) is 6.84. The number of hydrogen-bond donors (Lipinski definition) is 0. The highest BCUT2D eigenvalue weighted by Crippen LogP contribution is 2.51. The van der Waals surface area contributed by atoms with Gasteiger partial charge < -0.3 is 14.2 Å². The van der Waals surface area contributed by atoms with Crippen molar-refractivity contribution in [3.05, 3.63) is 75.8 Å². The van der Waals surface area contributed by atoms with Crippen LogP contribution in [0.2, 0.25) is 5.02 Å². The highest BCUT2D eigenvalue weighted by molar-refractivity contribution is 9.09. The molecule has 2 aliphatic rings. The molecule has 0 saturated carbocycles. The lowest BCUT2D eigenvalue weighted by Gasteiger charge is -2.26. The van der Waals surface area contributed by atoms with Gasteiger partial charge in [-0.05, 0) is 76.1 Å². The second-order valence-corrected chi connectivity index (χ2v) is 9.56. The summed E-state index contributed by atoms with van der Waals surface area (Å²) >= 11 is 10.6. The second kappa shape index (κ2) is 9.54. The van der Waals surface area contributed by atoms with Crippen LogP contribution < -0.4 is 9.47 Å². The lowest BCUT2D eigenvalue weighted by Crippen LogP contribution is -2.17. The fraction of sp³-hybridized carbons (Fsp3) is 0.286. The van der Waals surface area contributed by atoms with Crippen molar-refractivity contribution in [2.75, 3.05) is 26.2 Å². The molecule has 0 fully saturated rings. The average molecular weight is 526 g/mol. The van der Waals surface area contributed by atoms with E-state index in [-0.39, 0.29) is 6.10 Å². The molecule has 0 spiro atoms. The molecule has 5 heteroatoms. The summed E-state index contributed by atoms with van der Waals surface area (Å²) in [6, 6.07) is 14.7. The van der Waals surface area contributed by atoms with Crippen LogP contribution in [0.3, 0.4) is 0 Å². The molecule has 0 aromatic heterocycles. The van der Waals surface area contributed by atoms with Gasteiger partial charge in [0.1, 0.15) is 11.5 Å². The summed E-state index contributed by atoms with van der Waals surface area (Å²) in [4.78, 5) is 0. The maximum Gasteiger partial charge on any atom is 0.119 e. The predicted molar refractivity (Wildman–Crippen MR) is 139 cm³/mol. The highest BCUT2D eigenvalue weighted by atomic mass is 79.9. The molecular weight excluding hydrogens is 500 g/mol. The summed E-state index contributed by atoms with van der Waals surface area (Å²) in [5.41, 5.74) is 9.56. The first-order valence-electron chi connectivity index (χ1n) is 11.2. The monoisotopic (exact) mass is 524 g/mol. The minimum Gasteiger partial charge on any atom is -0.497 e. The third-order valence-corrected chi connectivity index (χ3v) is 7.44. The van der Waals surface area contributed by atoms with Crippen LogP contribution in [-0.4, -0.2) is 32.3 Å². The molecule has 0 aliphatic heterocycles. The van der Waals surface area contributed by atoms with Gasteiger partial charge in [0, 0.05) is 24.4 Å². The van der Waals surface area contributed by atoms with E-state index in [2.05, 4.69) is 58.4 Å². The number of ether oxygens (including phenoxy) is 3. The molecule has 0 heterocycles. The van der Waals surface area contributed by atoms with Crippen LogP contribution in [0.1, 0.15) is 28.7 Å². The zero-order valence-electron chi connectivity index (χ0n) is 18.8. The first-order valence-corrected chi connectivity index (χ1v) is 12.7. The van der Waals surface area contributed by atoms with Crippen molar-refractivity contribution >= 4 is 33.6 Å². The Morgan fingerprint density at radius 3 is 2.70 bits per heavy atom. The van der Waals surface area contributed by atoms with E-state index < -0.39 is 0 Å². The molecule has 0 bridgehead atoms. The van der Waals surface area contributed by atoms with Gasteiger partial charge in [0.05, 0.1) is 24.8 Å². The Balaban J connectivity index is 1.70. The van der Waals surface area contributed by atoms with Gasteiger partial charge in [0.2, 0.25) is 0 Å². The normalized spacial score (nSPS) is 15.7. The lowest BCUT2D eigenvalue weighted by molar-refractivity contribution is 0.141. The molecule has 0 saturated heterocycles. The van der Waals surface area contributed by atoms with E-state index in [4.69, 9.17) is 25.8 Å². The Bertz CT molecular complexity index is 1230. The van der Waals surface area contributed by atoms with Crippen molar-refractivity contribution in [3.63, 3.8) is 0 Å². The summed E-state index contributed by atoms with van der Waals surface area (Å²) in [7, 11) is 3.47. The maximum absolute atomic E-state index is 7.09. The van der Waals surface area contributed by atoms with Gasteiger partial charge >= 0.3 is 0 Å². The van der Waals surface area contributed by atoms with Gasteiger partial charge in [-0.1, -0.05) is 57.9 Å². The third-order valence-electron chi connectivity index (χ3n) is 6.49. The van der Waals surface area contributed by atoms with Gasteiger partial charge in [-0.15, -0.1) is 0 Å². The fourth-order valence-electron chi connectivity index (χ4n) is 4.93. The summed E-state index contributed by atoms with van der Waals surface area (Å²) < 4.78 is 17.2. The topological polar surface area (TPSA) is 27.7 Å². The van der Waals surface area contributed by atoms with Crippen LogP contribution in [0.4, 0.5) is 0 Å². The van der Waals surface area contributed by atoms with Crippen molar-refractivity contribution in [3.8, 4) is 33.8 Å². The third kappa shape index (κ3) is 4.09. The Morgan fingerprint density at radius 2 is 1.91 bits per heavy atom. The molecule has 3 aromatic rings. The molecule has 5 rings (SSSR count). The number of halogens is 2. The predicted octanol–water partition coefficient (Wildman–Crippen LogP) is 7.33. The number of methoxy groups -OCH3 is 2. The van der Waals surface area contributed by atoms with E-state index in [0.717, 1.165) is 57.8 Å². The zero-order chi connectivity index (χ0) is 22.9. The quantitative estimate of drug-likeness (QED) is 0.187. The van der Waals surface area contributed by atoms with Crippen LogP contribution in [0.15, 0.2) is 48.5 Å². The standard InChI is InChI=1S/C28H26BrClO3/c1-31-19-7-9-22-18(14-19)15-25-26(17-5-3-6-21(13-17)33-12-4-11-29)24-16-20(32-2)8-10-23(24)28(30)27(22)25/h3,5-10,13-14,20H,4,11-12,15-16H2,1-2H3. The SMILES string of the molecule is COc1ccc2c(c1)Cc1c-2c(Cl)c2c(c1-c1cccc(OCCCBr)c1)CC(OC)C=C2. The van der Waals surface area contributed by atoms with E-state index in [1.807, 2.05) is 12.1 Å². The summed E-state index contributed by atoms with van der Waals surface area (Å²) in [6.45, 7) is 0.686. The first kappa shape index (κ1) is 22.5. The van der Waals surface area contributed by atoms with Crippen LogP contribution >= 0.6 is 27.5 Å². The number of alkyl halides is 1. The molecule has 3 nitrogen and oxygen atoms in total. The fourth-order valence-corrected chi connectivity index (χ4v) is 5.55. The van der Waals surface area contributed by atoms with Gasteiger partial charge in [0.15, 0.2) is 0 Å². The van der Waals surface area contributed by atoms with Gasteiger partial charge in [0.25, 0.3) is 0 Å². The van der Waals surface area contributed by atoms with E-state index in [1.54, 1.807) is 14.2 Å². The van der Waals surface area contributed by atoms with E-state index in [1.165, 1.54) is 27.8 Å². The van der Waals surface area contributed by atoms with Crippen molar-refractivity contribution in [2.45, 2.75) is 25.4 Å². The van der Waals surface area contributed by atoms with Crippen LogP contribution in [0.25, 0.3) is 28.3 Å². The molecule has 0 amide bonds. The van der Waals surface area contributed by atoms with E-state index in [9.17, 15) is 0 Å². The van der Waals surface area contributed by atoms with Crippen molar-refractivity contribution in [1.82, 2.24) is 0 Å². The van der Waals surface area contributed by atoms with E-state index in [0.29, 0.717) is 6.61 Å². The molecule has 2 aliphatic carbocycles. The maximum atomic E-state index is 7.09. The Labute approximate surface area is 208 Å². The average Bonchev–Trinajstić information content (AvgIpc) is 3.22. The Hall–Kier alpha value is -2.27. The molecule has 170 valence electrons. The minimum atomic E-state index is 0.0348. The lowest BCUT2D eigenvalue weighted by atomic mass is 9.83. The van der Waals surface area contributed by atoms with Gasteiger partial charge in [-0.2, -0.15) is 0 Å². The summed E-state index contributed by atoms with van der Waals surface area (Å²) in [5.74, 6) is 1.75. The van der Waals surface area contributed by atoms with Crippen LogP contribution in [-0.2, 0) is 17.6 Å². The number of rotatable bonds is 7. The Morgan fingerprint density at radius 1 is 1.03 bits per heavy atom. The second-order valence-electron chi connectivity index (χ2n) is 8.39. The molecule has 3 aromatic carbocycles. The number of fused-ring (bicyclic) bond motifs is 4.